The second-order valence-electron chi connectivity index (χ2n) is 6.48. The summed E-state index contributed by atoms with van der Waals surface area (Å²) in [6.07, 6.45) is 5.03. The number of nitrogens with zero attached hydrogens (tertiary/aromatic N) is 2. The monoisotopic (exact) mass is 388 g/mol. The van der Waals surface area contributed by atoms with Crippen LogP contribution in [0.3, 0.4) is 0 Å². The van der Waals surface area contributed by atoms with Crippen LogP contribution in [0.25, 0.3) is 6.08 Å². The molecule has 0 radical (unpaired) electrons. The largest absolute Gasteiger partial charge is 0.487 e. The highest BCUT2D eigenvalue weighted by Gasteiger charge is 2.10. The van der Waals surface area contributed by atoms with E-state index in [9.17, 15) is 9.90 Å². The van der Waals surface area contributed by atoms with E-state index in [2.05, 4.69) is 4.98 Å². The van der Waals surface area contributed by atoms with Gasteiger partial charge in [0.1, 0.15) is 12.4 Å². The topological polar surface area (TPSA) is 62.7 Å². The van der Waals surface area contributed by atoms with Crippen molar-refractivity contribution in [1.82, 2.24) is 9.88 Å². The molecule has 3 rings (SSSR count). The molecule has 0 aliphatic rings. The molecule has 0 fully saturated rings. The molecule has 5 heteroatoms. The lowest BCUT2D eigenvalue weighted by Gasteiger charge is -2.20. The molecule has 0 spiro atoms. The lowest BCUT2D eigenvalue weighted by Crippen LogP contribution is -2.31. The smallest absolute Gasteiger partial charge is 0.246 e. The quantitative estimate of drug-likeness (QED) is 0.568. The first kappa shape index (κ1) is 20.3. The van der Waals surface area contributed by atoms with Crippen molar-refractivity contribution in [2.75, 3.05) is 13.2 Å². The standard InChI is InChI=1S/C24H24N2O3/c27-17-16-26(18-21-6-2-1-3-7-21)24(28)14-11-20-9-12-23(13-10-20)29-19-22-8-4-5-15-25-22/h1-15,27H,16-19H2/b14-11+. The van der Waals surface area contributed by atoms with Gasteiger partial charge in [-0.15, -0.1) is 0 Å². The van der Waals surface area contributed by atoms with E-state index in [1.54, 1.807) is 17.2 Å². The summed E-state index contributed by atoms with van der Waals surface area (Å²) < 4.78 is 5.72. The molecule has 0 aliphatic heterocycles. The van der Waals surface area contributed by atoms with Crippen LogP contribution in [0.1, 0.15) is 16.8 Å². The van der Waals surface area contributed by atoms with Gasteiger partial charge >= 0.3 is 0 Å². The average Bonchev–Trinajstić information content (AvgIpc) is 2.78. The summed E-state index contributed by atoms with van der Waals surface area (Å²) in [5.74, 6) is 0.600. The van der Waals surface area contributed by atoms with Crippen LogP contribution in [0.15, 0.2) is 85.1 Å². The van der Waals surface area contributed by atoms with Crippen LogP contribution in [0.2, 0.25) is 0 Å². The second kappa shape index (κ2) is 10.8. The zero-order chi connectivity index (χ0) is 20.3. The van der Waals surface area contributed by atoms with Gasteiger partial charge in [0, 0.05) is 25.4 Å². The van der Waals surface area contributed by atoms with Gasteiger partial charge in [-0.3, -0.25) is 9.78 Å². The van der Waals surface area contributed by atoms with Crippen molar-refractivity contribution in [3.8, 4) is 5.75 Å². The molecule has 0 atom stereocenters. The van der Waals surface area contributed by atoms with E-state index in [0.717, 1.165) is 22.6 Å². The summed E-state index contributed by atoms with van der Waals surface area (Å²) in [5, 5.41) is 9.28. The normalized spacial score (nSPS) is 10.8. The SMILES string of the molecule is O=C(/C=C/c1ccc(OCc2ccccn2)cc1)N(CCO)Cc1ccccc1. The number of amides is 1. The number of benzene rings is 2. The molecule has 1 amide bonds. The van der Waals surface area contributed by atoms with Crippen molar-refractivity contribution in [1.29, 1.82) is 0 Å². The molecule has 0 unspecified atom stereocenters. The Hall–Kier alpha value is -3.44. The number of carbonyl (C=O) groups is 1. The molecule has 1 heterocycles. The number of aromatic nitrogens is 1. The van der Waals surface area contributed by atoms with Gasteiger partial charge in [-0.05, 0) is 41.5 Å². The van der Waals surface area contributed by atoms with E-state index in [1.807, 2.05) is 72.8 Å². The first-order chi connectivity index (χ1) is 14.2. The maximum absolute atomic E-state index is 12.5. The Morgan fingerprint density at radius 2 is 1.76 bits per heavy atom. The van der Waals surface area contributed by atoms with E-state index < -0.39 is 0 Å². The number of aliphatic hydroxyl groups is 1. The van der Waals surface area contributed by atoms with E-state index in [-0.39, 0.29) is 12.5 Å². The van der Waals surface area contributed by atoms with Crippen molar-refractivity contribution in [2.45, 2.75) is 13.2 Å². The van der Waals surface area contributed by atoms with Crippen molar-refractivity contribution in [2.24, 2.45) is 0 Å². The Kier molecular flexibility index (Phi) is 7.55. The van der Waals surface area contributed by atoms with Gasteiger partial charge in [-0.2, -0.15) is 0 Å². The van der Waals surface area contributed by atoms with Gasteiger partial charge in [0.2, 0.25) is 5.91 Å². The zero-order valence-electron chi connectivity index (χ0n) is 16.1. The Morgan fingerprint density at radius 1 is 1.00 bits per heavy atom. The number of pyridine rings is 1. The number of hydrogen-bond donors (Lipinski definition) is 1. The lowest BCUT2D eigenvalue weighted by molar-refractivity contribution is -0.127. The van der Waals surface area contributed by atoms with Crippen LogP contribution in [0.4, 0.5) is 0 Å². The summed E-state index contributed by atoms with van der Waals surface area (Å²) in [6.45, 7) is 1.09. The molecule has 1 aromatic heterocycles. The van der Waals surface area contributed by atoms with Gasteiger partial charge in [0.15, 0.2) is 0 Å². The molecule has 0 aliphatic carbocycles. The number of carbonyl (C=O) groups excluding carboxylic acids is 1. The zero-order valence-corrected chi connectivity index (χ0v) is 16.1. The maximum atomic E-state index is 12.5. The molecule has 3 aromatic rings. The van der Waals surface area contributed by atoms with Gasteiger partial charge < -0.3 is 14.7 Å². The first-order valence-electron chi connectivity index (χ1n) is 9.49. The fourth-order valence-electron chi connectivity index (χ4n) is 2.78. The van der Waals surface area contributed by atoms with E-state index >= 15 is 0 Å². The van der Waals surface area contributed by atoms with Gasteiger partial charge in [-0.25, -0.2) is 0 Å². The predicted molar refractivity (Wildman–Crippen MR) is 113 cm³/mol. The third-order valence-electron chi connectivity index (χ3n) is 4.31. The Morgan fingerprint density at radius 3 is 2.45 bits per heavy atom. The minimum absolute atomic E-state index is 0.0747. The lowest BCUT2D eigenvalue weighted by atomic mass is 10.2. The fraction of sp³-hybridized carbons (Fsp3) is 0.167. The third-order valence-corrected chi connectivity index (χ3v) is 4.31. The fourth-order valence-corrected chi connectivity index (χ4v) is 2.78. The third kappa shape index (κ3) is 6.59. The molecular weight excluding hydrogens is 364 g/mol. The molecule has 5 nitrogen and oxygen atoms in total. The Bertz CT molecular complexity index is 910. The molecule has 0 saturated heterocycles. The summed E-state index contributed by atoms with van der Waals surface area (Å²) >= 11 is 0. The van der Waals surface area contributed by atoms with Crippen LogP contribution in [-0.2, 0) is 17.9 Å². The number of hydrogen-bond acceptors (Lipinski definition) is 4. The maximum Gasteiger partial charge on any atom is 0.246 e. The number of aliphatic hydroxyl groups excluding tert-OH is 1. The highest BCUT2D eigenvalue weighted by atomic mass is 16.5. The number of ether oxygens (including phenoxy) is 1. The number of rotatable bonds is 9. The summed E-state index contributed by atoms with van der Waals surface area (Å²) in [7, 11) is 0. The average molecular weight is 388 g/mol. The van der Waals surface area contributed by atoms with Crippen LogP contribution in [0, 0.1) is 0 Å². The Labute approximate surface area is 170 Å². The molecule has 148 valence electrons. The predicted octanol–water partition coefficient (Wildman–Crippen LogP) is 3.69. The minimum atomic E-state index is -0.140. The van der Waals surface area contributed by atoms with Crippen molar-refractivity contribution in [3.63, 3.8) is 0 Å². The summed E-state index contributed by atoms with van der Waals surface area (Å²) in [5.41, 5.74) is 2.79. The molecule has 0 saturated carbocycles. The van der Waals surface area contributed by atoms with Crippen molar-refractivity contribution in [3.05, 3.63) is 102 Å². The molecule has 2 aromatic carbocycles. The van der Waals surface area contributed by atoms with Gasteiger partial charge in [-0.1, -0.05) is 48.5 Å². The van der Waals surface area contributed by atoms with Gasteiger partial charge in [0.25, 0.3) is 0 Å². The summed E-state index contributed by atoms with van der Waals surface area (Å²) in [4.78, 5) is 18.4. The van der Waals surface area contributed by atoms with E-state index in [0.29, 0.717) is 19.7 Å². The molecule has 29 heavy (non-hydrogen) atoms. The van der Waals surface area contributed by atoms with Crippen molar-refractivity contribution >= 4 is 12.0 Å². The highest BCUT2D eigenvalue weighted by molar-refractivity contribution is 5.91. The minimum Gasteiger partial charge on any atom is -0.487 e. The summed E-state index contributed by atoms with van der Waals surface area (Å²) in [6, 6.07) is 23.0. The van der Waals surface area contributed by atoms with Crippen LogP contribution in [0.5, 0.6) is 5.75 Å². The highest BCUT2D eigenvalue weighted by Crippen LogP contribution is 2.15. The van der Waals surface area contributed by atoms with Crippen LogP contribution < -0.4 is 4.74 Å². The molecule has 0 bridgehead atoms. The van der Waals surface area contributed by atoms with E-state index in [1.165, 1.54) is 6.08 Å². The molecular formula is C24H24N2O3. The first-order valence-corrected chi connectivity index (χ1v) is 9.49. The van der Waals surface area contributed by atoms with Crippen molar-refractivity contribution < 1.29 is 14.6 Å². The second-order valence-corrected chi connectivity index (χ2v) is 6.48. The van der Waals surface area contributed by atoms with Crippen LogP contribution in [-0.4, -0.2) is 34.0 Å². The van der Waals surface area contributed by atoms with Gasteiger partial charge in [0.05, 0.1) is 12.3 Å². The molecule has 1 N–H and O–H groups in total. The van der Waals surface area contributed by atoms with Crippen LogP contribution >= 0.6 is 0 Å². The Balaban J connectivity index is 1.56. The van der Waals surface area contributed by atoms with E-state index in [4.69, 9.17) is 4.74 Å².